The number of aromatic amines is 1. The first-order chi connectivity index (χ1) is 9.90. The largest absolute Gasteiger partial charge is 0.348 e. The Labute approximate surface area is 119 Å². The zero-order chi connectivity index (χ0) is 13.6. The van der Waals surface area contributed by atoms with Crippen LogP contribution < -0.4 is 0 Å². The average Bonchev–Trinajstić information content (AvgIpc) is 3.12. The summed E-state index contributed by atoms with van der Waals surface area (Å²) in [5.41, 5.74) is 2.35. The Hall–Kier alpha value is -1.65. The molecular formula is C15H23N5. The molecule has 0 bridgehead atoms. The summed E-state index contributed by atoms with van der Waals surface area (Å²) in [6.45, 7) is 0.927. The van der Waals surface area contributed by atoms with Crippen LogP contribution in [-0.2, 0) is 19.4 Å². The van der Waals surface area contributed by atoms with Crippen molar-refractivity contribution in [2.24, 2.45) is 5.92 Å². The molecule has 108 valence electrons. The molecule has 0 radical (unpaired) electrons. The third-order valence-electron chi connectivity index (χ3n) is 4.20. The molecule has 0 aliphatic heterocycles. The molecule has 2 heterocycles. The van der Waals surface area contributed by atoms with Gasteiger partial charge in [0.15, 0.2) is 0 Å². The third kappa shape index (κ3) is 3.68. The van der Waals surface area contributed by atoms with Gasteiger partial charge in [-0.3, -0.25) is 4.68 Å². The SMILES string of the molecule is c1ncc(CCCn2cc(CC3CCCCC3)nn2)[nH]1. The molecule has 2 aromatic heterocycles. The van der Waals surface area contributed by atoms with Gasteiger partial charge in [0, 0.05) is 24.6 Å². The van der Waals surface area contributed by atoms with E-state index in [0.29, 0.717) is 0 Å². The number of aryl methyl sites for hydroxylation is 2. The Kier molecular flexibility index (Phi) is 4.46. The number of nitrogens with one attached hydrogen (secondary N) is 1. The second-order valence-corrected chi connectivity index (χ2v) is 5.86. The minimum absolute atomic E-state index is 0.832. The highest BCUT2D eigenvalue weighted by molar-refractivity contribution is 4.96. The summed E-state index contributed by atoms with van der Waals surface area (Å²) in [5.74, 6) is 0.832. The van der Waals surface area contributed by atoms with Crippen LogP contribution in [0.25, 0.3) is 0 Å². The number of hydrogen-bond donors (Lipinski definition) is 1. The summed E-state index contributed by atoms with van der Waals surface area (Å²) >= 11 is 0. The van der Waals surface area contributed by atoms with Crippen molar-refractivity contribution >= 4 is 0 Å². The van der Waals surface area contributed by atoms with Crippen LogP contribution in [0, 0.1) is 5.92 Å². The van der Waals surface area contributed by atoms with E-state index in [2.05, 4.69) is 26.5 Å². The molecule has 0 spiro atoms. The van der Waals surface area contributed by atoms with Gasteiger partial charge >= 0.3 is 0 Å². The molecule has 1 N–H and O–H groups in total. The molecule has 1 aliphatic rings. The number of rotatable bonds is 6. The molecule has 0 atom stereocenters. The molecule has 0 saturated heterocycles. The minimum atomic E-state index is 0.832. The summed E-state index contributed by atoms with van der Waals surface area (Å²) < 4.78 is 1.98. The van der Waals surface area contributed by atoms with E-state index in [4.69, 9.17) is 0 Å². The van der Waals surface area contributed by atoms with E-state index in [9.17, 15) is 0 Å². The van der Waals surface area contributed by atoms with Crippen molar-refractivity contribution in [3.63, 3.8) is 0 Å². The van der Waals surface area contributed by atoms with Crippen LogP contribution in [0.15, 0.2) is 18.7 Å². The van der Waals surface area contributed by atoms with Crippen LogP contribution in [0.3, 0.4) is 0 Å². The van der Waals surface area contributed by atoms with Gasteiger partial charge in [0.2, 0.25) is 0 Å². The predicted octanol–water partition coefficient (Wildman–Crippen LogP) is 2.76. The quantitative estimate of drug-likeness (QED) is 0.880. The van der Waals surface area contributed by atoms with Crippen LogP contribution in [0.5, 0.6) is 0 Å². The fourth-order valence-corrected chi connectivity index (χ4v) is 3.08. The first-order valence-electron chi connectivity index (χ1n) is 7.76. The summed E-state index contributed by atoms with van der Waals surface area (Å²) in [4.78, 5) is 7.15. The molecular weight excluding hydrogens is 250 g/mol. The van der Waals surface area contributed by atoms with E-state index in [-0.39, 0.29) is 0 Å². The molecule has 0 amide bonds. The van der Waals surface area contributed by atoms with E-state index >= 15 is 0 Å². The third-order valence-corrected chi connectivity index (χ3v) is 4.20. The van der Waals surface area contributed by atoms with Crippen molar-refractivity contribution in [3.8, 4) is 0 Å². The van der Waals surface area contributed by atoms with E-state index < -0.39 is 0 Å². The van der Waals surface area contributed by atoms with Crippen LogP contribution in [0.4, 0.5) is 0 Å². The van der Waals surface area contributed by atoms with Crippen molar-refractivity contribution in [3.05, 3.63) is 30.1 Å². The number of hydrogen-bond acceptors (Lipinski definition) is 3. The molecule has 20 heavy (non-hydrogen) atoms. The zero-order valence-electron chi connectivity index (χ0n) is 12.0. The molecule has 1 aliphatic carbocycles. The molecule has 5 heteroatoms. The second kappa shape index (κ2) is 6.68. The van der Waals surface area contributed by atoms with Gasteiger partial charge in [0.05, 0.1) is 12.0 Å². The van der Waals surface area contributed by atoms with Gasteiger partial charge in [-0.1, -0.05) is 37.3 Å². The van der Waals surface area contributed by atoms with Crippen molar-refractivity contribution < 1.29 is 0 Å². The maximum atomic E-state index is 4.32. The second-order valence-electron chi connectivity index (χ2n) is 5.86. The van der Waals surface area contributed by atoms with Crippen LogP contribution in [-0.4, -0.2) is 25.0 Å². The zero-order valence-corrected chi connectivity index (χ0v) is 12.0. The highest BCUT2D eigenvalue weighted by atomic mass is 15.4. The number of nitrogens with zero attached hydrogens (tertiary/aromatic N) is 4. The van der Waals surface area contributed by atoms with E-state index in [1.54, 1.807) is 6.33 Å². The number of imidazole rings is 1. The smallest absolute Gasteiger partial charge is 0.0921 e. The van der Waals surface area contributed by atoms with E-state index in [1.165, 1.54) is 43.5 Å². The highest BCUT2D eigenvalue weighted by Gasteiger charge is 2.15. The normalized spacial score (nSPS) is 16.6. The van der Waals surface area contributed by atoms with E-state index in [1.807, 2.05) is 10.9 Å². The average molecular weight is 273 g/mol. The van der Waals surface area contributed by atoms with Gasteiger partial charge in [-0.05, 0) is 25.2 Å². The van der Waals surface area contributed by atoms with Crippen LogP contribution >= 0.6 is 0 Å². The lowest BCUT2D eigenvalue weighted by Gasteiger charge is -2.19. The van der Waals surface area contributed by atoms with Crippen molar-refractivity contribution in [1.82, 2.24) is 25.0 Å². The highest BCUT2D eigenvalue weighted by Crippen LogP contribution is 2.26. The summed E-state index contributed by atoms with van der Waals surface area (Å²) in [6.07, 6.45) is 15.9. The van der Waals surface area contributed by atoms with Gasteiger partial charge in [0.25, 0.3) is 0 Å². The molecule has 1 fully saturated rings. The Morgan fingerprint density at radius 3 is 2.95 bits per heavy atom. The Balaban J connectivity index is 1.44. The molecule has 0 aromatic carbocycles. The van der Waals surface area contributed by atoms with Gasteiger partial charge in [-0.2, -0.15) is 0 Å². The lowest BCUT2D eigenvalue weighted by atomic mass is 9.86. The predicted molar refractivity (Wildman–Crippen MR) is 77.2 cm³/mol. The Morgan fingerprint density at radius 2 is 2.15 bits per heavy atom. The lowest BCUT2D eigenvalue weighted by Crippen LogP contribution is -2.09. The Morgan fingerprint density at radius 1 is 1.25 bits per heavy atom. The first kappa shape index (κ1) is 13.3. The molecule has 1 saturated carbocycles. The molecule has 0 unspecified atom stereocenters. The molecule has 2 aromatic rings. The number of aromatic nitrogens is 5. The van der Waals surface area contributed by atoms with Crippen molar-refractivity contribution in [1.29, 1.82) is 0 Å². The summed E-state index contributed by atoms with van der Waals surface area (Å²) in [7, 11) is 0. The fraction of sp³-hybridized carbons (Fsp3) is 0.667. The van der Waals surface area contributed by atoms with Gasteiger partial charge in [0.1, 0.15) is 0 Å². The molecule has 3 rings (SSSR count). The topological polar surface area (TPSA) is 59.4 Å². The minimum Gasteiger partial charge on any atom is -0.348 e. The number of H-pyrrole nitrogens is 1. The van der Waals surface area contributed by atoms with Gasteiger partial charge < -0.3 is 4.98 Å². The maximum Gasteiger partial charge on any atom is 0.0921 e. The standard InChI is InChI=1S/C15H23N5/c1-2-5-13(6-3-1)9-15-11-20(19-18-15)8-4-7-14-10-16-12-17-14/h10-13H,1-9H2,(H,16,17). The monoisotopic (exact) mass is 273 g/mol. The van der Waals surface area contributed by atoms with Gasteiger partial charge in [-0.15, -0.1) is 5.10 Å². The van der Waals surface area contributed by atoms with Gasteiger partial charge in [-0.25, -0.2) is 4.98 Å². The summed E-state index contributed by atoms with van der Waals surface area (Å²) in [5, 5.41) is 8.56. The van der Waals surface area contributed by atoms with Crippen molar-refractivity contribution in [2.45, 2.75) is 57.9 Å². The Bertz CT molecular complexity index is 496. The van der Waals surface area contributed by atoms with E-state index in [0.717, 1.165) is 31.7 Å². The molecule has 5 nitrogen and oxygen atoms in total. The van der Waals surface area contributed by atoms with Crippen LogP contribution in [0.1, 0.15) is 49.9 Å². The summed E-state index contributed by atoms with van der Waals surface area (Å²) in [6, 6.07) is 0. The lowest BCUT2D eigenvalue weighted by molar-refractivity contribution is 0.354. The van der Waals surface area contributed by atoms with Crippen molar-refractivity contribution in [2.75, 3.05) is 0 Å². The van der Waals surface area contributed by atoms with Crippen LogP contribution in [0.2, 0.25) is 0 Å². The fourth-order valence-electron chi connectivity index (χ4n) is 3.08. The first-order valence-corrected chi connectivity index (χ1v) is 7.76. The maximum absolute atomic E-state index is 4.32.